The van der Waals surface area contributed by atoms with Crippen LogP contribution in [0, 0.1) is 5.92 Å². The number of nitrogens with two attached hydrogens (primary N) is 2. The number of phenols is 1. The van der Waals surface area contributed by atoms with E-state index in [4.69, 9.17) is 16.6 Å². The Morgan fingerprint density at radius 3 is 1.85 bits per heavy atom. The highest BCUT2D eigenvalue weighted by Gasteiger charge is 2.32. The molecule has 0 heterocycles. The third-order valence-electron chi connectivity index (χ3n) is 6.03. The minimum Gasteiger partial charge on any atom is -0.508 e. The molecule has 14 heteroatoms. The highest BCUT2D eigenvalue weighted by molar-refractivity contribution is 5.96. The van der Waals surface area contributed by atoms with Gasteiger partial charge in [-0.05, 0) is 55.8 Å². The summed E-state index contributed by atoms with van der Waals surface area (Å²) in [5.74, 6) is -5.12. The zero-order chi connectivity index (χ0) is 31.1. The molecule has 1 rings (SSSR count). The number of carboxylic acid groups (broad SMARTS) is 1. The molecule has 0 spiro atoms. The summed E-state index contributed by atoms with van der Waals surface area (Å²) >= 11 is 0. The summed E-state index contributed by atoms with van der Waals surface area (Å²) in [4.78, 5) is 74.3. The van der Waals surface area contributed by atoms with Gasteiger partial charge < -0.3 is 42.9 Å². The van der Waals surface area contributed by atoms with Crippen LogP contribution in [-0.2, 0) is 35.2 Å². The minimum atomic E-state index is -1.42. The summed E-state index contributed by atoms with van der Waals surface area (Å²) in [6, 6.07) is 1.13. The van der Waals surface area contributed by atoms with Gasteiger partial charge in [0.2, 0.25) is 29.5 Å². The fraction of sp³-hybridized carbons (Fsp3) is 0.556. The standard InChI is InChI=1S/C27H42N6O8/c1-15(2)12-20(32-27(41)22(14-23(36)37)30-16(3)34)25(39)33-21(13-17-7-9-18(35)10-8-17)26(40)31-19(24(29)38)6-4-5-11-28/h7-10,15,19-22,35H,4-6,11-14,28H2,1-3H3,(H2,29,38)(H,30,34)(H,31,40)(H,32,41)(H,33,39)(H,36,37)/t19-,20-,21-,22-/m0/s1. The summed E-state index contributed by atoms with van der Waals surface area (Å²) in [6.45, 7) is 5.13. The van der Waals surface area contributed by atoms with Gasteiger partial charge in [0.25, 0.3) is 0 Å². The summed E-state index contributed by atoms with van der Waals surface area (Å²) in [5.41, 5.74) is 11.6. The Labute approximate surface area is 239 Å². The average Bonchev–Trinajstić information content (AvgIpc) is 2.87. The van der Waals surface area contributed by atoms with Crippen molar-refractivity contribution in [3.8, 4) is 5.75 Å². The second-order valence-corrected chi connectivity index (χ2v) is 10.2. The van der Waals surface area contributed by atoms with Gasteiger partial charge in [-0.3, -0.25) is 28.8 Å². The molecule has 0 aliphatic heterocycles. The molecule has 0 aliphatic rings. The van der Waals surface area contributed by atoms with Crippen LogP contribution in [0.4, 0.5) is 0 Å². The molecular formula is C27H42N6O8. The molecule has 10 N–H and O–H groups in total. The number of hydrogen-bond acceptors (Lipinski definition) is 8. The molecule has 5 amide bonds. The van der Waals surface area contributed by atoms with Crippen LogP contribution in [-0.4, -0.2) is 76.4 Å². The normalized spacial score (nSPS) is 13.8. The lowest BCUT2D eigenvalue weighted by Gasteiger charge is -2.27. The van der Waals surface area contributed by atoms with Gasteiger partial charge in [-0.25, -0.2) is 0 Å². The number of primary amides is 1. The number of carbonyl (C=O) groups is 6. The van der Waals surface area contributed by atoms with Gasteiger partial charge in [-0.1, -0.05) is 26.0 Å². The number of carbonyl (C=O) groups excluding carboxylic acids is 5. The SMILES string of the molecule is CC(=O)N[C@@H](CC(=O)O)C(=O)N[C@@H](CC(C)C)C(=O)N[C@@H](Cc1ccc(O)cc1)C(=O)N[C@@H](CCCCN)C(N)=O. The third kappa shape index (κ3) is 13.6. The Kier molecular flexibility index (Phi) is 14.8. The van der Waals surface area contributed by atoms with Crippen molar-refractivity contribution in [2.75, 3.05) is 6.54 Å². The first-order valence-corrected chi connectivity index (χ1v) is 13.4. The fourth-order valence-electron chi connectivity index (χ4n) is 4.00. The van der Waals surface area contributed by atoms with E-state index in [1.807, 2.05) is 0 Å². The van der Waals surface area contributed by atoms with Crippen molar-refractivity contribution >= 4 is 35.5 Å². The van der Waals surface area contributed by atoms with Gasteiger partial charge in [-0.15, -0.1) is 0 Å². The first-order valence-electron chi connectivity index (χ1n) is 13.4. The highest BCUT2D eigenvalue weighted by atomic mass is 16.4. The lowest BCUT2D eigenvalue weighted by molar-refractivity contribution is -0.141. The van der Waals surface area contributed by atoms with Crippen molar-refractivity contribution in [1.29, 1.82) is 0 Å². The number of hydrogen-bond donors (Lipinski definition) is 8. The molecule has 0 aromatic heterocycles. The Hall–Kier alpha value is -4.20. The monoisotopic (exact) mass is 578 g/mol. The maximum atomic E-state index is 13.4. The van der Waals surface area contributed by atoms with Gasteiger partial charge in [0, 0.05) is 13.3 Å². The zero-order valence-corrected chi connectivity index (χ0v) is 23.6. The van der Waals surface area contributed by atoms with Crippen molar-refractivity contribution in [2.45, 2.75) is 83.5 Å². The Morgan fingerprint density at radius 2 is 1.34 bits per heavy atom. The van der Waals surface area contributed by atoms with E-state index in [-0.39, 0.29) is 30.9 Å². The van der Waals surface area contributed by atoms with E-state index in [9.17, 15) is 33.9 Å². The van der Waals surface area contributed by atoms with Gasteiger partial charge in [-0.2, -0.15) is 0 Å². The van der Waals surface area contributed by atoms with E-state index in [1.165, 1.54) is 12.1 Å². The number of carboxylic acids is 1. The molecule has 0 saturated carbocycles. The fourth-order valence-corrected chi connectivity index (χ4v) is 4.00. The van der Waals surface area contributed by atoms with Crippen LogP contribution in [0.1, 0.15) is 58.4 Å². The van der Waals surface area contributed by atoms with Crippen LogP contribution in [0.15, 0.2) is 24.3 Å². The molecular weight excluding hydrogens is 536 g/mol. The smallest absolute Gasteiger partial charge is 0.305 e. The van der Waals surface area contributed by atoms with E-state index < -0.39 is 66.1 Å². The molecule has 0 bridgehead atoms. The van der Waals surface area contributed by atoms with Crippen molar-refractivity contribution < 1.29 is 39.0 Å². The number of aliphatic carboxylic acids is 1. The van der Waals surface area contributed by atoms with Crippen LogP contribution in [0.25, 0.3) is 0 Å². The number of unbranched alkanes of at least 4 members (excludes halogenated alkanes) is 1. The summed E-state index contributed by atoms with van der Waals surface area (Å²) in [5, 5.41) is 28.7. The number of amides is 5. The first kappa shape index (κ1) is 34.8. The lowest BCUT2D eigenvalue weighted by Crippen LogP contribution is -2.58. The van der Waals surface area contributed by atoms with Gasteiger partial charge in [0.05, 0.1) is 6.42 Å². The van der Waals surface area contributed by atoms with E-state index in [1.54, 1.807) is 26.0 Å². The van der Waals surface area contributed by atoms with Crippen LogP contribution in [0.3, 0.4) is 0 Å². The summed E-state index contributed by atoms with van der Waals surface area (Å²) in [7, 11) is 0. The average molecular weight is 579 g/mol. The Morgan fingerprint density at radius 1 is 0.805 bits per heavy atom. The zero-order valence-electron chi connectivity index (χ0n) is 23.6. The predicted molar refractivity (Wildman–Crippen MR) is 149 cm³/mol. The number of benzene rings is 1. The van der Waals surface area contributed by atoms with E-state index in [2.05, 4.69) is 21.3 Å². The molecule has 228 valence electrons. The molecule has 1 aromatic carbocycles. The van der Waals surface area contributed by atoms with E-state index in [0.717, 1.165) is 6.92 Å². The molecule has 14 nitrogen and oxygen atoms in total. The minimum absolute atomic E-state index is 0.00211. The molecule has 0 fully saturated rings. The molecule has 0 aliphatic carbocycles. The van der Waals surface area contributed by atoms with Crippen LogP contribution < -0.4 is 32.7 Å². The second kappa shape index (κ2) is 17.5. The van der Waals surface area contributed by atoms with Gasteiger partial charge >= 0.3 is 5.97 Å². The largest absolute Gasteiger partial charge is 0.508 e. The lowest BCUT2D eigenvalue weighted by atomic mass is 10.00. The summed E-state index contributed by atoms with van der Waals surface area (Å²) < 4.78 is 0. The Balaban J connectivity index is 3.22. The maximum absolute atomic E-state index is 13.4. The quantitative estimate of drug-likeness (QED) is 0.0997. The van der Waals surface area contributed by atoms with Gasteiger partial charge in [0.1, 0.15) is 29.9 Å². The van der Waals surface area contributed by atoms with Crippen molar-refractivity contribution in [3.05, 3.63) is 29.8 Å². The highest BCUT2D eigenvalue weighted by Crippen LogP contribution is 2.13. The van der Waals surface area contributed by atoms with Crippen LogP contribution in [0.5, 0.6) is 5.75 Å². The van der Waals surface area contributed by atoms with Crippen molar-refractivity contribution in [3.63, 3.8) is 0 Å². The van der Waals surface area contributed by atoms with Crippen molar-refractivity contribution in [1.82, 2.24) is 21.3 Å². The molecule has 0 saturated heterocycles. The number of phenolic OH excluding ortho intramolecular Hbond substituents is 1. The number of nitrogens with one attached hydrogen (secondary N) is 4. The second-order valence-electron chi connectivity index (χ2n) is 10.2. The molecule has 0 radical (unpaired) electrons. The molecule has 1 aromatic rings. The number of rotatable bonds is 18. The summed E-state index contributed by atoms with van der Waals surface area (Å²) in [6.07, 6.45) is 0.805. The van der Waals surface area contributed by atoms with Crippen LogP contribution in [0.2, 0.25) is 0 Å². The number of aromatic hydroxyl groups is 1. The van der Waals surface area contributed by atoms with Crippen molar-refractivity contribution in [2.24, 2.45) is 17.4 Å². The van der Waals surface area contributed by atoms with E-state index >= 15 is 0 Å². The predicted octanol–water partition coefficient (Wildman–Crippen LogP) is -0.971. The molecule has 4 atom stereocenters. The van der Waals surface area contributed by atoms with Gasteiger partial charge in [0.15, 0.2) is 0 Å². The maximum Gasteiger partial charge on any atom is 0.305 e. The third-order valence-corrected chi connectivity index (χ3v) is 6.03. The molecule has 0 unspecified atom stereocenters. The molecule has 41 heavy (non-hydrogen) atoms. The Bertz CT molecular complexity index is 1050. The van der Waals surface area contributed by atoms with E-state index in [0.29, 0.717) is 24.9 Å². The first-order chi connectivity index (χ1) is 19.2. The van der Waals surface area contributed by atoms with Crippen LogP contribution >= 0.6 is 0 Å². The topological polar surface area (TPSA) is 243 Å².